The zero-order valence-electron chi connectivity index (χ0n) is 11.8. The predicted molar refractivity (Wildman–Crippen MR) is 91.6 cm³/mol. The van der Waals surface area contributed by atoms with Crippen LogP contribution in [0.15, 0.2) is 28.1 Å². The van der Waals surface area contributed by atoms with Gasteiger partial charge in [0.15, 0.2) is 5.82 Å². The van der Waals surface area contributed by atoms with Crippen LogP contribution in [0.4, 0.5) is 0 Å². The molecule has 0 saturated carbocycles. The molecule has 0 aliphatic rings. The van der Waals surface area contributed by atoms with Crippen molar-refractivity contribution >= 4 is 38.3 Å². The van der Waals surface area contributed by atoms with Gasteiger partial charge in [0.05, 0.1) is 16.0 Å². The molecule has 3 rings (SSSR count). The zero-order chi connectivity index (χ0) is 14.8. The molecule has 0 aliphatic carbocycles. The minimum Gasteiger partial charge on any atom is -0.330 e. The van der Waals surface area contributed by atoms with Gasteiger partial charge in [0.1, 0.15) is 5.69 Å². The second kappa shape index (κ2) is 6.25. The molecule has 0 atom stereocenters. The Labute approximate surface area is 136 Å². The van der Waals surface area contributed by atoms with Crippen LogP contribution in [-0.4, -0.2) is 21.1 Å². The molecule has 0 amide bonds. The highest BCUT2D eigenvalue weighted by atomic mass is 79.9. The molecule has 0 radical (unpaired) electrons. The maximum absolute atomic E-state index is 5.60. The number of aryl methyl sites for hydroxylation is 1. The van der Waals surface area contributed by atoms with Gasteiger partial charge in [0.2, 0.25) is 0 Å². The van der Waals surface area contributed by atoms with Gasteiger partial charge in [-0.3, -0.25) is 0 Å². The lowest BCUT2D eigenvalue weighted by Crippen LogP contribution is -2.03. The first-order chi connectivity index (χ1) is 10.2. The SMILES string of the molecule is CCCn1c(-c2csc(CCN)n2)nc2cc(Br)ccc21. The van der Waals surface area contributed by atoms with Gasteiger partial charge >= 0.3 is 0 Å². The van der Waals surface area contributed by atoms with E-state index in [2.05, 4.69) is 56.0 Å². The molecule has 21 heavy (non-hydrogen) atoms. The topological polar surface area (TPSA) is 56.7 Å². The third-order valence-corrected chi connectivity index (χ3v) is 4.70. The van der Waals surface area contributed by atoms with E-state index in [1.807, 2.05) is 0 Å². The highest BCUT2D eigenvalue weighted by molar-refractivity contribution is 9.10. The number of aromatic nitrogens is 3. The van der Waals surface area contributed by atoms with Gasteiger partial charge in [-0.1, -0.05) is 22.9 Å². The lowest BCUT2D eigenvalue weighted by Gasteiger charge is -2.05. The van der Waals surface area contributed by atoms with Crippen LogP contribution >= 0.6 is 27.3 Å². The number of imidazole rings is 1. The summed E-state index contributed by atoms with van der Waals surface area (Å²) in [5.41, 5.74) is 8.71. The Morgan fingerprint density at radius 2 is 2.19 bits per heavy atom. The molecule has 0 fully saturated rings. The molecule has 0 aliphatic heterocycles. The first-order valence-electron chi connectivity index (χ1n) is 7.03. The Morgan fingerprint density at radius 1 is 1.33 bits per heavy atom. The summed E-state index contributed by atoms with van der Waals surface area (Å²) in [6, 6.07) is 6.22. The van der Waals surface area contributed by atoms with E-state index >= 15 is 0 Å². The van der Waals surface area contributed by atoms with E-state index in [-0.39, 0.29) is 0 Å². The number of hydrogen-bond acceptors (Lipinski definition) is 4. The van der Waals surface area contributed by atoms with Crippen molar-refractivity contribution in [3.05, 3.63) is 33.1 Å². The number of nitrogens with two attached hydrogens (primary N) is 1. The first kappa shape index (κ1) is 14.7. The van der Waals surface area contributed by atoms with Crippen LogP contribution in [0.3, 0.4) is 0 Å². The minimum absolute atomic E-state index is 0.630. The fourth-order valence-corrected chi connectivity index (χ4v) is 3.54. The van der Waals surface area contributed by atoms with Crippen LogP contribution in [0.25, 0.3) is 22.6 Å². The molecule has 3 aromatic rings. The van der Waals surface area contributed by atoms with Crippen molar-refractivity contribution in [3.63, 3.8) is 0 Å². The quantitative estimate of drug-likeness (QED) is 0.748. The van der Waals surface area contributed by atoms with Crippen molar-refractivity contribution in [1.82, 2.24) is 14.5 Å². The maximum atomic E-state index is 5.60. The average Bonchev–Trinajstić information content (AvgIpc) is 3.04. The van der Waals surface area contributed by atoms with Crippen molar-refractivity contribution in [2.24, 2.45) is 5.73 Å². The maximum Gasteiger partial charge on any atom is 0.160 e. The molecule has 110 valence electrons. The lowest BCUT2D eigenvalue weighted by molar-refractivity contribution is 0.702. The second-order valence-corrected chi connectivity index (χ2v) is 6.74. The summed E-state index contributed by atoms with van der Waals surface area (Å²) in [6.07, 6.45) is 1.89. The Bertz CT molecular complexity index is 762. The Hall–Kier alpha value is -1.24. The van der Waals surface area contributed by atoms with Gasteiger partial charge in [-0.15, -0.1) is 11.3 Å². The van der Waals surface area contributed by atoms with Crippen LogP contribution < -0.4 is 5.73 Å². The number of thiazole rings is 1. The van der Waals surface area contributed by atoms with E-state index in [9.17, 15) is 0 Å². The Balaban J connectivity index is 2.12. The molecule has 6 heteroatoms. The fraction of sp³-hybridized carbons (Fsp3) is 0.333. The average molecular weight is 365 g/mol. The van der Waals surface area contributed by atoms with Crippen molar-refractivity contribution in [2.45, 2.75) is 26.3 Å². The van der Waals surface area contributed by atoms with Gasteiger partial charge in [0.25, 0.3) is 0 Å². The molecular formula is C15H17BrN4S. The van der Waals surface area contributed by atoms with E-state index in [1.54, 1.807) is 11.3 Å². The predicted octanol–water partition coefficient (Wildman–Crippen LogP) is 3.83. The number of hydrogen-bond donors (Lipinski definition) is 1. The van der Waals surface area contributed by atoms with Crippen LogP contribution in [0, 0.1) is 0 Å². The van der Waals surface area contributed by atoms with E-state index in [4.69, 9.17) is 10.7 Å². The number of fused-ring (bicyclic) bond motifs is 1. The minimum atomic E-state index is 0.630. The van der Waals surface area contributed by atoms with Gasteiger partial charge in [-0.2, -0.15) is 0 Å². The van der Waals surface area contributed by atoms with Gasteiger partial charge in [0, 0.05) is 22.8 Å². The van der Waals surface area contributed by atoms with Crippen LogP contribution in [0.2, 0.25) is 0 Å². The smallest absolute Gasteiger partial charge is 0.160 e. The van der Waals surface area contributed by atoms with E-state index < -0.39 is 0 Å². The van der Waals surface area contributed by atoms with Crippen molar-refractivity contribution in [3.8, 4) is 11.5 Å². The summed E-state index contributed by atoms with van der Waals surface area (Å²) in [7, 11) is 0. The largest absolute Gasteiger partial charge is 0.330 e. The molecule has 0 spiro atoms. The molecule has 0 bridgehead atoms. The number of benzene rings is 1. The summed E-state index contributed by atoms with van der Waals surface area (Å²) in [6.45, 7) is 3.75. The van der Waals surface area contributed by atoms with Crippen LogP contribution in [0.1, 0.15) is 18.4 Å². The van der Waals surface area contributed by atoms with Crippen molar-refractivity contribution < 1.29 is 0 Å². The highest BCUT2D eigenvalue weighted by Gasteiger charge is 2.15. The summed E-state index contributed by atoms with van der Waals surface area (Å²) in [4.78, 5) is 9.46. The molecule has 0 unspecified atom stereocenters. The fourth-order valence-electron chi connectivity index (χ4n) is 2.40. The normalized spacial score (nSPS) is 11.4. The third kappa shape index (κ3) is 2.88. The molecule has 4 nitrogen and oxygen atoms in total. The number of rotatable bonds is 5. The van der Waals surface area contributed by atoms with Crippen molar-refractivity contribution in [2.75, 3.05) is 6.54 Å². The summed E-state index contributed by atoms with van der Waals surface area (Å²) >= 11 is 5.16. The zero-order valence-corrected chi connectivity index (χ0v) is 14.2. The first-order valence-corrected chi connectivity index (χ1v) is 8.70. The molecular weight excluding hydrogens is 348 g/mol. The van der Waals surface area contributed by atoms with Crippen molar-refractivity contribution in [1.29, 1.82) is 0 Å². The third-order valence-electron chi connectivity index (χ3n) is 3.30. The van der Waals surface area contributed by atoms with E-state index in [0.717, 1.165) is 51.4 Å². The van der Waals surface area contributed by atoms with E-state index in [0.29, 0.717) is 6.54 Å². The van der Waals surface area contributed by atoms with Gasteiger partial charge < -0.3 is 10.3 Å². The van der Waals surface area contributed by atoms with Gasteiger partial charge in [-0.05, 0) is 31.2 Å². The van der Waals surface area contributed by atoms with Gasteiger partial charge in [-0.25, -0.2) is 9.97 Å². The summed E-state index contributed by atoms with van der Waals surface area (Å²) < 4.78 is 3.30. The van der Waals surface area contributed by atoms with E-state index in [1.165, 1.54) is 0 Å². The highest BCUT2D eigenvalue weighted by Crippen LogP contribution is 2.28. The van der Waals surface area contributed by atoms with Crippen LogP contribution in [0.5, 0.6) is 0 Å². The molecule has 1 aromatic carbocycles. The molecule has 2 N–H and O–H groups in total. The summed E-state index contributed by atoms with van der Waals surface area (Å²) in [5.74, 6) is 0.949. The Kier molecular flexibility index (Phi) is 4.37. The monoisotopic (exact) mass is 364 g/mol. The molecule has 0 saturated heterocycles. The summed E-state index contributed by atoms with van der Waals surface area (Å²) in [5, 5.41) is 3.15. The molecule has 2 heterocycles. The number of halogens is 1. The number of nitrogens with zero attached hydrogens (tertiary/aromatic N) is 3. The Morgan fingerprint density at radius 3 is 2.95 bits per heavy atom. The standard InChI is InChI=1S/C15H17BrN4S/c1-2-7-20-13-4-3-10(16)8-11(13)19-15(20)12-9-21-14(18-12)5-6-17/h3-4,8-9H,2,5-7,17H2,1H3. The lowest BCUT2D eigenvalue weighted by atomic mass is 10.3. The molecule has 2 aromatic heterocycles. The second-order valence-electron chi connectivity index (χ2n) is 4.89. The van der Waals surface area contributed by atoms with Crippen LogP contribution in [-0.2, 0) is 13.0 Å².